The zero-order valence-corrected chi connectivity index (χ0v) is 16.1. The van der Waals surface area contributed by atoms with Crippen LogP contribution in [0, 0.1) is 22.7 Å². The van der Waals surface area contributed by atoms with Crippen molar-refractivity contribution >= 4 is 12.3 Å². The first-order valence-electron chi connectivity index (χ1n) is 9.37. The molecule has 0 unspecified atom stereocenters. The van der Waals surface area contributed by atoms with E-state index in [1.165, 1.54) is 44.4 Å². The summed E-state index contributed by atoms with van der Waals surface area (Å²) in [7, 11) is 0. The van der Waals surface area contributed by atoms with E-state index in [0.29, 0.717) is 22.8 Å². The van der Waals surface area contributed by atoms with Gasteiger partial charge in [-0.15, -0.1) is 0 Å². The van der Waals surface area contributed by atoms with Crippen LogP contribution in [-0.4, -0.2) is 12.3 Å². The second-order valence-corrected chi connectivity index (χ2v) is 8.62. The number of fused-ring (bicyclic) bond motifs is 1. The SMILES string of the molecule is C=C1CC[C@H]2C(C)(C)CCC[C@]2(C)[C@@H]1C/C=C(C=O)\C=C/OC(C)=O. The Bertz CT molecular complexity index is 596. The summed E-state index contributed by atoms with van der Waals surface area (Å²) >= 11 is 0. The third kappa shape index (κ3) is 4.31. The van der Waals surface area contributed by atoms with E-state index in [9.17, 15) is 9.59 Å². The van der Waals surface area contributed by atoms with Gasteiger partial charge in [-0.05, 0) is 60.8 Å². The summed E-state index contributed by atoms with van der Waals surface area (Å²) in [6, 6.07) is 0. The number of aldehydes is 1. The van der Waals surface area contributed by atoms with Crippen LogP contribution in [0.4, 0.5) is 0 Å². The van der Waals surface area contributed by atoms with E-state index in [4.69, 9.17) is 4.74 Å². The lowest BCUT2D eigenvalue weighted by Crippen LogP contribution is -2.49. The van der Waals surface area contributed by atoms with Gasteiger partial charge in [-0.1, -0.05) is 45.4 Å². The molecule has 0 aromatic heterocycles. The summed E-state index contributed by atoms with van der Waals surface area (Å²) in [5, 5.41) is 0. The summed E-state index contributed by atoms with van der Waals surface area (Å²) in [6.45, 7) is 13.0. The predicted molar refractivity (Wildman–Crippen MR) is 101 cm³/mol. The zero-order chi connectivity index (χ0) is 18.7. The van der Waals surface area contributed by atoms with E-state index in [0.717, 1.165) is 19.1 Å². The molecule has 2 aliphatic carbocycles. The molecule has 0 bridgehead atoms. The predicted octanol–water partition coefficient (Wildman–Crippen LogP) is 5.38. The Hall–Kier alpha value is -1.64. The van der Waals surface area contributed by atoms with Gasteiger partial charge in [-0.3, -0.25) is 9.59 Å². The second-order valence-electron chi connectivity index (χ2n) is 8.62. The van der Waals surface area contributed by atoms with Crippen molar-refractivity contribution in [3.05, 3.63) is 36.1 Å². The van der Waals surface area contributed by atoms with Crippen LogP contribution in [0.3, 0.4) is 0 Å². The summed E-state index contributed by atoms with van der Waals surface area (Å²) in [4.78, 5) is 22.1. The van der Waals surface area contributed by atoms with Crippen molar-refractivity contribution in [2.45, 2.75) is 66.2 Å². The standard InChI is InChI=1S/C22H32O3/c1-16-7-10-20-21(3,4)12-6-13-22(20,5)19(16)9-8-18(15-23)11-14-25-17(2)24/h8,11,14-15,19-20H,1,6-7,9-10,12-13H2,2-5H3/b14-11-,18-8+/t19-,20+,22-/m1/s1. The van der Waals surface area contributed by atoms with Crippen LogP contribution in [0.15, 0.2) is 36.1 Å². The Morgan fingerprint density at radius 3 is 2.68 bits per heavy atom. The lowest BCUT2D eigenvalue weighted by Gasteiger charge is -2.58. The van der Waals surface area contributed by atoms with Gasteiger partial charge in [0.1, 0.15) is 6.29 Å². The van der Waals surface area contributed by atoms with Crippen LogP contribution in [0.5, 0.6) is 0 Å². The lowest BCUT2D eigenvalue weighted by molar-refractivity contribution is -0.135. The van der Waals surface area contributed by atoms with E-state index in [2.05, 4.69) is 27.4 Å². The van der Waals surface area contributed by atoms with Crippen LogP contribution in [0.2, 0.25) is 0 Å². The number of hydrogen-bond acceptors (Lipinski definition) is 3. The molecule has 138 valence electrons. The van der Waals surface area contributed by atoms with Crippen LogP contribution < -0.4 is 0 Å². The largest absolute Gasteiger partial charge is 0.435 e. The number of carbonyl (C=O) groups excluding carboxylic acids is 2. The fourth-order valence-corrected chi connectivity index (χ4v) is 5.33. The average Bonchev–Trinajstić information content (AvgIpc) is 2.51. The molecular weight excluding hydrogens is 312 g/mol. The first-order valence-corrected chi connectivity index (χ1v) is 9.37. The highest BCUT2D eigenvalue weighted by Crippen LogP contribution is 2.61. The van der Waals surface area contributed by atoms with Gasteiger partial charge in [0.05, 0.1) is 6.26 Å². The Labute approximate surface area is 152 Å². The number of carbonyl (C=O) groups is 2. The van der Waals surface area contributed by atoms with Crippen LogP contribution in [0.1, 0.15) is 66.2 Å². The molecule has 2 saturated carbocycles. The van der Waals surface area contributed by atoms with Gasteiger partial charge in [0, 0.05) is 12.5 Å². The number of hydrogen-bond donors (Lipinski definition) is 0. The molecule has 3 heteroatoms. The molecule has 3 atom stereocenters. The van der Waals surface area contributed by atoms with Gasteiger partial charge in [0.25, 0.3) is 0 Å². The molecule has 0 aromatic rings. The highest BCUT2D eigenvalue weighted by Gasteiger charge is 2.52. The van der Waals surface area contributed by atoms with Crippen molar-refractivity contribution in [2.24, 2.45) is 22.7 Å². The molecule has 25 heavy (non-hydrogen) atoms. The Balaban J connectivity index is 2.19. The monoisotopic (exact) mass is 344 g/mol. The first kappa shape index (κ1) is 19.7. The minimum absolute atomic E-state index is 0.251. The molecular formula is C22H32O3. The van der Waals surface area contributed by atoms with Gasteiger partial charge in [0.2, 0.25) is 0 Å². The molecule has 0 aliphatic heterocycles. The van der Waals surface area contributed by atoms with Crippen LogP contribution >= 0.6 is 0 Å². The summed E-state index contributed by atoms with van der Waals surface area (Å²) in [5.74, 6) is 0.721. The minimum Gasteiger partial charge on any atom is -0.435 e. The molecule has 0 aromatic carbocycles. The quantitative estimate of drug-likeness (QED) is 0.168. The summed E-state index contributed by atoms with van der Waals surface area (Å²) < 4.78 is 4.78. The summed E-state index contributed by atoms with van der Waals surface area (Å²) in [6.07, 6.45) is 12.6. The molecule has 0 heterocycles. The molecule has 0 radical (unpaired) electrons. The van der Waals surface area contributed by atoms with E-state index < -0.39 is 0 Å². The molecule has 0 spiro atoms. The smallest absolute Gasteiger partial charge is 0.307 e. The highest BCUT2D eigenvalue weighted by atomic mass is 16.5. The summed E-state index contributed by atoms with van der Waals surface area (Å²) in [5.41, 5.74) is 2.50. The molecule has 0 saturated heterocycles. The first-order chi connectivity index (χ1) is 11.7. The van der Waals surface area contributed by atoms with Gasteiger partial charge < -0.3 is 4.74 Å². The van der Waals surface area contributed by atoms with Crippen molar-refractivity contribution in [2.75, 3.05) is 0 Å². The minimum atomic E-state index is -0.387. The van der Waals surface area contributed by atoms with Gasteiger partial charge >= 0.3 is 5.97 Å². The molecule has 0 amide bonds. The Kier molecular flexibility index (Phi) is 6.08. The number of rotatable bonds is 5. The van der Waals surface area contributed by atoms with Crippen molar-refractivity contribution in [3.63, 3.8) is 0 Å². The maximum atomic E-state index is 11.3. The second kappa shape index (κ2) is 7.72. The van der Waals surface area contributed by atoms with Crippen molar-refractivity contribution in [3.8, 4) is 0 Å². The third-order valence-electron chi connectivity index (χ3n) is 6.54. The Morgan fingerprint density at radius 2 is 2.04 bits per heavy atom. The normalized spacial score (nSPS) is 32.3. The number of allylic oxidation sites excluding steroid dienone is 4. The van der Waals surface area contributed by atoms with Crippen molar-refractivity contribution in [1.29, 1.82) is 0 Å². The van der Waals surface area contributed by atoms with Gasteiger partial charge in [-0.2, -0.15) is 0 Å². The molecule has 3 nitrogen and oxygen atoms in total. The van der Waals surface area contributed by atoms with Gasteiger partial charge in [0.15, 0.2) is 0 Å². The van der Waals surface area contributed by atoms with Crippen LogP contribution in [-0.2, 0) is 14.3 Å². The molecule has 0 N–H and O–H groups in total. The van der Waals surface area contributed by atoms with Gasteiger partial charge in [-0.25, -0.2) is 0 Å². The molecule has 2 aliphatic rings. The maximum absolute atomic E-state index is 11.3. The van der Waals surface area contributed by atoms with E-state index in [1.54, 1.807) is 6.08 Å². The molecule has 2 rings (SSSR count). The molecule has 2 fully saturated rings. The van der Waals surface area contributed by atoms with E-state index >= 15 is 0 Å². The number of ether oxygens (including phenoxy) is 1. The average molecular weight is 344 g/mol. The highest BCUT2D eigenvalue weighted by molar-refractivity contribution is 5.77. The maximum Gasteiger partial charge on any atom is 0.307 e. The third-order valence-corrected chi connectivity index (χ3v) is 6.54. The Morgan fingerprint density at radius 1 is 1.32 bits per heavy atom. The fourth-order valence-electron chi connectivity index (χ4n) is 5.33. The fraction of sp³-hybridized carbons (Fsp3) is 0.636. The van der Waals surface area contributed by atoms with E-state index in [-0.39, 0.29) is 11.4 Å². The zero-order valence-electron chi connectivity index (χ0n) is 16.1. The van der Waals surface area contributed by atoms with E-state index in [1.807, 2.05) is 6.08 Å². The lowest BCUT2D eigenvalue weighted by atomic mass is 9.47. The van der Waals surface area contributed by atoms with Crippen molar-refractivity contribution < 1.29 is 14.3 Å². The van der Waals surface area contributed by atoms with Crippen molar-refractivity contribution in [1.82, 2.24) is 0 Å². The number of esters is 1. The topological polar surface area (TPSA) is 43.4 Å². The van der Waals surface area contributed by atoms with Crippen LogP contribution in [0.25, 0.3) is 0 Å².